The van der Waals surface area contributed by atoms with Gasteiger partial charge in [0.05, 0.1) is 0 Å². The minimum Gasteiger partial charge on any atom is -0.308 e. The highest BCUT2D eigenvalue weighted by atomic mass is 15.3. The van der Waals surface area contributed by atoms with E-state index in [4.69, 9.17) is 0 Å². The summed E-state index contributed by atoms with van der Waals surface area (Å²) < 4.78 is 0. The Labute approximate surface area is 94.4 Å². The molecule has 0 aromatic rings. The van der Waals surface area contributed by atoms with Crippen LogP contribution in [0.25, 0.3) is 0 Å². The summed E-state index contributed by atoms with van der Waals surface area (Å²) in [6.07, 6.45) is 5.37. The Bertz CT molecular complexity index is 231. The minimum atomic E-state index is 0.378. The van der Waals surface area contributed by atoms with Crippen LogP contribution in [0.15, 0.2) is 0 Å². The Morgan fingerprint density at radius 3 is 2.27 bits per heavy atom. The molecule has 1 saturated carbocycles. The van der Waals surface area contributed by atoms with Crippen LogP contribution < -0.4 is 5.32 Å². The quantitative estimate of drug-likeness (QED) is 0.768. The molecule has 0 amide bonds. The normalized spacial score (nSPS) is 36.8. The second kappa shape index (κ2) is 3.74. The Balaban J connectivity index is 2.07. The fraction of sp³-hybridized carbons (Fsp3) is 1.00. The first-order chi connectivity index (χ1) is 7.06. The van der Waals surface area contributed by atoms with Gasteiger partial charge in [-0.25, -0.2) is 0 Å². The lowest BCUT2D eigenvalue weighted by atomic mass is 9.82. The summed E-state index contributed by atoms with van der Waals surface area (Å²) >= 11 is 0. The Kier molecular flexibility index (Phi) is 2.85. The van der Waals surface area contributed by atoms with E-state index in [-0.39, 0.29) is 0 Å². The van der Waals surface area contributed by atoms with Crippen LogP contribution in [0.5, 0.6) is 0 Å². The van der Waals surface area contributed by atoms with E-state index < -0.39 is 0 Å². The Morgan fingerprint density at radius 1 is 1.27 bits per heavy atom. The van der Waals surface area contributed by atoms with Crippen LogP contribution in [-0.4, -0.2) is 36.1 Å². The van der Waals surface area contributed by atoms with Gasteiger partial charge in [0.2, 0.25) is 0 Å². The molecule has 1 aliphatic carbocycles. The van der Waals surface area contributed by atoms with Crippen molar-refractivity contribution in [3.8, 4) is 0 Å². The van der Waals surface area contributed by atoms with Crippen LogP contribution in [0.1, 0.15) is 46.5 Å². The molecule has 1 N–H and O–H groups in total. The minimum absolute atomic E-state index is 0.378. The molecule has 2 rings (SSSR count). The first kappa shape index (κ1) is 11.4. The van der Waals surface area contributed by atoms with E-state index in [1.807, 2.05) is 0 Å². The van der Waals surface area contributed by atoms with Gasteiger partial charge in [0, 0.05) is 24.2 Å². The number of hydrogen-bond donors (Lipinski definition) is 1. The molecule has 15 heavy (non-hydrogen) atoms. The lowest BCUT2D eigenvalue weighted by Crippen LogP contribution is -2.68. The topological polar surface area (TPSA) is 15.3 Å². The summed E-state index contributed by atoms with van der Waals surface area (Å²) in [5, 5.41) is 3.83. The van der Waals surface area contributed by atoms with Gasteiger partial charge in [0.25, 0.3) is 0 Å². The summed E-state index contributed by atoms with van der Waals surface area (Å²) in [4.78, 5) is 2.62. The third-order valence-electron chi connectivity index (χ3n) is 5.04. The number of nitrogens with zero attached hydrogens (tertiary/aromatic N) is 1. The molecule has 2 heteroatoms. The Morgan fingerprint density at radius 2 is 1.87 bits per heavy atom. The second-order valence-corrected chi connectivity index (χ2v) is 5.83. The van der Waals surface area contributed by atoms with Crippen LogP contribution in [0, 0.1) is 5.92 Å². The van der Waals surface area contributed by atoms with Crippen molar-refractivity contribution in [2.75, 3.05) is 20.1 Å². The van der Waals surface area contributed by atoms with E-state index in [1.54, 1.807) is 0 Å². The lowest BCUT2D eigenvalue weighted by molar-refractivity contribution is 0.0187. The van der Waals surface area contributed by atoms with Gasteiger partial charge >= 0.3 is 0 Å². The molecule has 2 nitrogen and oxygen atoms in total. The van der Waals surface area contributed by atoms with Gasteiger partial charge in [-0.05, 0) is 45.6 Å². The SMILES string of the molecule is CCC1(CC)CN(C)C(C)(C2CC2)CN1. The fourth-order valence-corrected chi connectivity index (χ4v) is 3.08. The van der Waals surface area contributed by atoms with Crippen molar-refractivity contribution in [2.45, 2.75) is 57.5 Å². The Hall–Kier alpha value is -0.0800. The monoisotopic (exact) mass is 210 g/mol. The largest absolute Gasteiger partial charge is 0.308 e. The van der Waals surface area contributed by atoms with E-state index in [0.717, 1.165) is 5.92 Å². The smallest absolute Gasteiger partial charge is 0.0331 e. The average molecular weight is 210 g/mol. The van der Waals surface area contributed by atoms with E-state index in [1.165, 1.54) is 38.8 Å². The molecule has 0 aromatic carbocycles. The van der Waals surface area contributed by atoms with Crippen molar-refractivity contribution in [3.63, 3.8) is 0 Å². The zero-order valence-corrected chi connectivity index (χ0v) is 10.8. The van der Waals surface area contributed by atoms with Gasteiger partial charge < -0.3 is 5.32 Å². The molecule has 1 aliphatic heterocycles. The maximum absolute atomic E-state index is 3.83. The molecule has 0 aromatic heterocycles. The second-order valence-electron chi connectivity index (χ2n) is 5.83. The van der Waals surface area contributed by atoms with E-state index in [2.05, 4.69) is 38.0 Å². The number of hydrogen-bond acceptors (Lipinski definition) is 2. The fourth-order valence-electron chi connectivity index (χ4n) is 3.08. The standard InChI is InChI=1S/C13H26N2/c1-5-13(6-2)10-15(4)12(3,9-14-13)11-7-8-11/h11,14H,5-10H2,1-4H3. The molecular weight excluding hydrogens is 184 g/mol. The highest BCUT2D eigenvalue weighted by molar-refractivity contribution is 5.07. The van der Waals surface area contributed by atoms with Crippen LogP contribution >= 0.6 is 0 Å². The first-order valence-corrected chi connectivity index (χ1v) is 6.52. The first-order valence-electron chi connectivity index (χ1n) is 6.52. The molecule has 0 radical (unpaired) electrons. The van der Waals surface area contributed by atoms with Crippen molar-refractivity contribution in [1.29, 1.82) is 0 Å². The van der Waals surface area contributed by atoms with E-state index in [0.29, 0.717) is 11.1 Å². The molecule has 88 valence electrons. The van der Waals surface area contributed by atoms with E-state index in [9.17, 15) is 0 Å². The van der Waals surface area contributed by atoms with Crippen LogP contribution in [0.4, 0.5) is 0 Å². The molecule has 2 fully saturated rings. The van der Waals surface area contributed by atoms with Crippen LogP contribution in [0.3, 0.4) is 0 Å². The summed E-state index contributed by atoms with van der Waals surface area (Å²) in [6, 6.07) is 0. The molecule has 0 spiro atoms. The maximum atomic E-state index is 3.83. The lowest BCUT2D eigenvalue weighted by Gasteiger charge is -2.52. The highest BCUT2D eigenvalue weighted by Crippen LogP contribution is 2.44. The summed E-state index contributed by atoms with van der Waals surface area (Å²) in [5.41, 5.74) is 0.803. The van der Waals surface area contributed by atoms with Crippen molar-refractivity contribution in [1.82, 2.24) is 10.2 Å². The van der Waals surface area contributed by atoms with Gasteiger partial charge in [-0.15, -0.1) is 0 Å². The van der Waals surface area contributed by atoms with Crippen LogP contribution in [-0.2, 0) is 0 Å². The highest BCUT2D eigenvalue weighted by Gasteiger charge is 2.49. The van der Waals surface area contributed by atoms with Crippen LogP contribution in [0.2, 0.25) is 0 Å². The van der Waals surface area contributed by atoms with Gasteiger partial charge in [-0.3, -0.25) is 4.90 Å². The molecular formula is C13H26N2. The molecule has 1 atom stereocenters. The molecule has 1 saturated heterocycles. The van der Waals surface area contributed by atoms with Gasteiger partial charge in [-0.1, -0.05) is 13.8 Å². The summed E-state index contributed by atoms with van der Waals surface area (Å²) in [5.74, 6) is 0.946. The van der Waals surface area contributed by atoms with Crippen molar-refractivity contribution in [2.24, 2.45) is 5.92 Å². The third-order valence-corrected chi connectivity index (χ3v) is 5.04. The number of piperazine rings is 1. The van der Waals surface area contributed by atoms with Gasteiger partial charge in [0.1, 0.15) is 0 Å². The zero-order valence-electron chi connectivity index (χ0n) is 10.8. The van der Waals surface area contributed by atoms with Gasteiger partial charge in [-0.2, -0.15) is 0 Å². The number of nitrogens with one attached hydrogen (secondary N) is 1. The van der Waals surface area contributed by atoms with Crippen molar-refractivity contribution < 1.29 is 0 Å². The van der Waals surface area contributed by atoms with Crippen molar-refractivity contribution in [3.05, 3.63) is 0 Å². The summed E-state index contributed by atoms with van der Waals surface area (Å²) in [6.45, 7) is 9.45. The molecule has 2 aliphatic rings. The van der Waals surface area contributed by atoms with Crippen molar-refractivity contribution >= 4 is 0 Å². The predicted molar refractivity (Wildman–Crippen MR) is 65.1 cm³/mol. The summed E-state index contributed by atoms with van der Waals surface area (Å²) in [7, 11) is 2.32. The maximum Gasteiger partial charge on any atom is 0.0331 e. The van der Waals surface area contributed by atoms with Gasteiger partial charge in [0.15, 0.2) is 0 Å². The number of likely N-dealkylation sites (N-methyl/N-ethyl adjacent to an activating group) is 1. The molecule has 1 heterocycles. The zero-order chi connectivity index (χ0) is 11.1. The van der Waals surface area contributed by atoms with E-state index >= 15 is 0 Å². The predicted octanol–water partition coefficient (Wildman–Crippen LogP) is 2.25. The molecule has 1 unspecified atom stereocenters. The average Bonchev–Trinajstić information content (AvgIpc) is 3.06. The third kappa shape index (κ3) is 1.83. The number of rotatable bonds is 3. The molecule has 0 bridgehead atoms.